The van der Waals surface area contributed by atoms with E-state index in [0.29, 0.717) is 49.9 Å². The number of hydrogen-bond donors (Lipinski definition) is 1. The number of aromatic nitrogens is 1. The van der Waals surface area contributed by atoms with Gasteiger partial charge in [0, 0.05) is 41.4 Å². The van der Waals surface area contributed by atoms with Gasteiger partial charge in [-0.1, -0.05) is 18.2 Å². The Morgan fingerprint density at radius 1 is 1.15 bits per heavy atom. The van der Waals surface area contributed by atoms with Gasteiger partial charge < -0.3 is 24.3 Å². The molecule has 0 unspecified atom stereocenters. The number of hydrogen-bond acceptors (Lipinski definition) is 5. The summed E-state index contributed by atoms with van der Waals surface area (Å²) in [5.41, 5.74) is 2.09. The molecule has 2 amide bonds. The van der Waals surface area contributed by atoms with Crippen LogP contribution < -0.4 is 10.1 Å². The summed E-state index contributed by atoms with van der Waals surface area (Å²) in [5, 5.41) is 13.3. The fourth-order valence-electron chi connectivity index (χ4n) is 3.88. The maximum atomic E-state index is 12.8. The Morgan fingerprint density at radius 2 is 1.88 bits per heavy atom. The van der Waals surface area contributed by atoms with Crippen molar-refractivity contribution in [1.29, 1.82) is 5.26 Å². The van der Waals surface area contributed by atoms with Gasteiger partial charge >= 0.3 is 0 Å². The molecule has 0 spiro atoms. The fraction of sp³-hybridized carbons (Fsp3) is 0.269. The average molecular weight is 459 g/mol. The van der Waals surface area contributed by atoms with Crippen molar-refractivity contribution in [1.82, 2.24) is 9.47 Å². The summed E-state index contributed by atoms with van der Waals surface area (Å²) in [5.74, 6) is 0.206. The number of nitrogens with zero attached hydrogens (tertiary/aromatic N) is 3. The number of benzene rings is 2. The van der Waals surface area contributed by atoms with Crippen LogP contribution in [-0.4, -0.2) is 54.2 Å². The lowest BCUT2D eigenvalue weighted by molar-refractivity contribution is -0.135. The number of ether oxygens (including phenoxy) is 2. The predicted molar refractivity (Wildman–Crippen MR) is 129 cm³/mol. The van der Waals surface area contributed by atoms with E-state index in [4.69, 9.17) is 9.47 Å². The van der Waals surface area contributed by atoms with Crippen molar-refractivity contribution in [3.63, 3.8) is 0 Å². The number of nitrogens with one attached hydrogen (secondary N) is 1. The first-order valence-corrected chi connectivity index (χ1v) is 11.2. The number of carbonyl (C=O) groups excluding carboxylic acids is 2. The number of fused-ring (bicyclic) bond motifs is 1. The number of carbonyl (C=O) groups is 2. The van der Waals surface area contributed by atoms with E-state index in [0.717, 1.165) is 10.9 Å². The molecular weight excluding hydrogens is 432 g/mol. The zero-order valence-electron chi connectivity index (χ0n) is 19.0. The number of rotatable bonds is 7. The van der Waals surface area contributed by atoms with Crippen LogP contribution in [0, 0.1) is 11.3 Å². The van der Waals surface area contributed by atoms with Gasteiger partial charge in [-0.25, -0.2) is 0 Å². The maximum absolute atomic E-state index is 12.8. The first-order chi connectivity index (χ1) is 16.6. The number of para-hydroxylation sites is 1. The van der Waals surface area contributed by atoms with Crippen molar-refractivity contribution >= 4 is 34.5 Å². The summed E-state index contributed by atoms with van der Waals surface area (Å²) in [7, 11) is 0. The molecule has 1 fully saturated rings. The van der Waals surface area contributed by atoms with Gasteiger partial charge in [0.25, 0.3) is 5.91 Å². The van der Waals surface area contributed by atoms with Crippen molar-refractivity contribution in [2.75, 3.05) is 38.2 Å². The molecule has 34 heavy (non-hydrogen) atoms. The number of amides is 2. The summed E-state index contributed by atoms with van der Waals surface area (Å²) in [4.78, 5) is 27.3. The highest BCUT2D eigenvalue weighted by atomic mass is 16.5. The van der Waals surface area contributed by atoms with E-state index in [-0.39, 0.29) is 18.0 Å². The topological polar surface area (TPSA) is 96.6 Å². The van der Waals surface area contributed by atoms with Crippen LogP contribution in [-0.2, 0) is 20.9 Å². The zero-order chi connectivity index (χ0) is 23.9. The highest BCUT2D eigenvalue weighted by Crippen LogP contribution is 2.24. The Hall–Kier alpha value is -4.09. The monoisotopic (exact) mass is 458 g/mol. The minimum atomic E-state index is -0.507. The molecule has 1 aromatic heterocycles. The Labute approximate surface area is 198 Å². The quantitative estimate of drug-likeness (QED) is 0.432. The largest absolute Gasteiger partial charge is 0.494 e. The normalized spacial score (nSPS) is 14.0. The molecule has 8 nitrogen and oxygen atoms in total. The standard InChI is InChI=1S/C26H26N4O4/c1-2-34-22-9-7-21(8-10-22)28-26(32)19(16-27)15-20-17-30(24-6-4-3-5-23(20)24)18-25(31)29-11-13-33-14-12-29/h3-10,15,17H,2,11-14,18H2,1H3,(H,28,32). The second kappa shape index (κ2) is 10.7. The lowest BCUT2D eigenvalue weighted by Crippen LogP contribution is -2.42. The van der Waals surface area contributed by atoms with Crippen molar-refractivity contribution in [2.45, 2.75) is 13.5 Å². The molecule has 1 saturated heterocycles. The summed E-state index contributed by atoms with van der Waals surface area (Å²) in [6.45, 7) is 4.87. The molecule has 4 rings (SSSR count). The molecule has 1 N–H and O–H groups in total. The van der Waals surface area contributed by atoms with E-state index in [9.17, 15) is 14.9 Å². The Bertz CT molecular complexity index is 1250. The molecule has 2 aromatic carbocycles. The minimum Gasteiger partial charge on any atom is -0.494 e. The summed E-state index contributed by atoms with van der Waals surface area (Å²) >= 11 is 0. The van der Waals surface area contributed by atoms with Gasteiger partial charge in [-0.2, -0.15) is 5.26 Å². The van der Waals surface area contributed by atoms with Gasteiger partial charge in [0.15, 0.2) is 0 Å². The molecule has 3 aromatic rings. The Kier molecular flexibility index (Phi) is 7.25. The van der Waals surface area contributed by atoms with Crippen molar-refractivity contribution in [3.05, 3.63) is 65.9 Å². The SMILES string of the molecule is CCOc1ccc(NC(=O)C(C#N)=Cc2cn(CC(=O)N3CCOCC3)c3ccccc23)cc1. The second-order valence-corrected chi connectivity index (χ2v) is 7.80. The molecule has 0 atom stereocenters. The predicted octanol–water partition coefficient (Wildman–Crippen LogP) is 3.44. The number of morpholine rings is 1. The highest BCUT2D eigenvalue weighted by molar-refractivity contribution is 6.10. The van der Waals surface area contributed by atoms with Crippen LogP contribution in [0.4, 0.5) is 5.69 Å². The third-order valence-electron chi connectivity index (χ3n) is 5.58. The Balaban J connectivity index is 1.56. The lowest BCUT2D eigenvalue weighted by Gasteiger charge is -2.27. The van der Waals surface area contributed by atoms with Crippen LogP contribution in [0.2, 0.25) is 0 Å². The van der Waals surface area contributed by atoms with Crippen LogP contribution in [0.25, 0.3) is 17.0 Å². The lowest BCUT2D eigenvalue weighted by atomic mass is 10.1. The summed E-state index contributed by atoms with van der Waals surface area (Å²) < 4.78 is 12.6. The van der Waals surface area contributed by atoms with E-state index in [1.54, 1.807) is 35.2 Å². The van der Waals surface area contributed by atoms with Crippen LogP contribution >= 0.6 is 0 Å². The van der Waals surface area contributed by atoms with E-state index < -0.39 is 5.91 Å². The van der Waals surface area contributed by atoms with Gasteiger partial charge in [0.1, 0.15) is 23.9 Å². The van der Waals surface area contributed by atoms with Crippen LogP contribution in [0.5, 0.6) is 5.75 Å². The van der Waals surface area contributed by atoms with E-state index in [2.05, 4.69) is 5.32 Å². The third-order valence-corrected chi connectivity index (χ3v) is 5.58. The van der Waals surface area contributed by atoms with Crippen LogP contribution in [0.15, 0.2) is 60.3 Å². The molecule has 174 valence electrons. The van der Waals surface area contributed by atoms with Gasteiger partial charge in [0.2, 0.25) is 5.91 Å². The molecular formula is C26H26N4O4. The van der Waals surface area contributed by atoms with Gasteiger partial charge in [-0.3, -0.25) is 9.59 Å². The number of nitriles is 1. The van der Waals surface area contributed by atoms with Gasteiger partial charge in [0.05, 0.1) is 19.8 Å². The molecule has 0 bridgehead atoms. The number of anilines is 1. The molecule has 0 aliphatic carbocycles. The molecule has 1 aliphatic heterocycles. The molecule has 8 heteroatoms. The second-order valence-electron chi connectivity index (χ2n) is 7.80. The molecule has 2 heterocycles. The maximum Gasteiger partial charge on any atom is 0.266 e. The van der Waals surface area contributed by atoms with Crippen LogP contribution in [0.3, 0.4) is 0 Å². The van der Waals surface area contributed by atoms with Gasteiger partial charge in [-0.15, -0.1) is 0 Å². The Morgan fingerprint density at radius 3 is 2.59 bits per heavy atom. The van der Waals surface area contributed by atoms with Gasteiger partial charge in [-0.05, 0) is 43.3 Å². The van der Waals surface area contributed by atoms with Crippen molar-refractivity contribution < 1.29 is 19.1 Å². The molecule has 0 saturated carbocycles. The molecule has 1 aliphatic rings. The van der Waals surface area contributed by atoms with E-state index in [1.165, 1.54) is 0 Å². The smallest absolute Gasteiger partial charge is 0.266 e. The summed E-state index contributed by atoms with van der Waals surface area (Å²) in [6.07, 6.45) is 3.37. The van der Waals surface area contributed by atoms with Crippen LogP contribution in [0.1, 0.15) is 12.5 Å². The third kappa shape index (κ3) is 5.27. The first-order valence-electron chi connectivity index (χ1n) is 11.2. The first kappa shape index (κ1) is 23.1. The van der Waals surface area contributed by atoms with E-state index in [1.807, 2.05) is 48.0 Å². The van der Waals surface area contributed by atoms with Crippen molar-refractivity contribution in [2.24, 2.45) is 0 Å². The summed E-state index contributed by atoms with van der Waals surface area (Å²) in [6, 6.07) is 16.6. The van der Waals surface area contributed by atoms with Crippen molar-refractivity contribution in [3.8, 4) is 11.8 Å². The average Bonchev–Trinajstić information content (AvgIpc) is 3.21. The molecule has 0 radical (unpaired) electrons. The van der Waals surface area contributed by atoms with E-state index >= 15 is 0 Å². The highest BCUT2D eigenvalue weighted by Gasteiger charge is 2.19. The minimum absolute atomic E-state index is 0.00771. The zero-order valence-corrected chi connectivity index (χ0v) is 19.0. The fourth-order valence-corrected chi connectivity index (χ4v) is 3.88.